The van der Waals surface area contributed by atoms with Crippen LogP contribution in [-0.4, -0.2) is 34.7 Å². The van der Waals surface area contributed by atoms with Gasteiger partial charge in [-0.1, -0.05) is 58.3 Å². The largest absolute Gasteiger partial charge is 0.550 e. The molecule has 2 fully saturated rings. The summed E-state index contributed by atoms with van der Waals surface area (Å²) in [7, 11) is 0. The monoisotopic (exact) mass is 445 g/mol. The number of aliphatic carboxylic acids is 1. The molecule has 1 saturated carbocycles. The number of fused-ring (bicyclic) bond motifs is 1. The molecule has 1 saturated heterocycles. The molecule has 0 amide bonds. The number of Topliss-reactive ketones (excluding diaryl/α,β-unsaturated/α-hetero) is 1. The topological polar surface area (TPSA) is 86.7 Å². The van der Waals surface area contributed by atoms with E-state index in [0.717, 1.165) is 51.4 Å². The minimum Gasteiger partial charge on any atom is -0.550 e. The summed E-state index contributed by atoms with van der Waals surface area (Å²) >= 11 is 0. The van der Waals surface area contributed by atoms with Crippen molar-refractivity contribution in [3.8, 4) is 0 Å². The normalized spacial score (nSPS) is 28.6. The van der Waals surface area contributed by atoms with Crippen LogP contribution in [0.3, 0.4) is 0 Å². The fourth-order valence-electron chi connectivity index (χ4n) is 5.14. The molecule has 4 atom stereocenters. The van der Waals surface area contributed by atoms with Crippen LogP contribution >= 0.6 is 0 Å². The molecule has 1 aliphatic heterocycles. The number of carbonyl (C=O) groups excluding carboxylic acids is 2. The van der Waals surface area contributed by atoms with E-state index in [4.69, 9.17) is 4.74 Å². The Balaban J connectivity index is 1.74. The van der Waals surface area contributed by atoms with Gasteiger partial charge in [0.05, 0.1) is 6.10 Å². The zero-order valence-electron chi connectivity index (χ0n) is 18.9. The van der Waals surface area contributed by atoms with Gasteiger partial charge in [0.2, 0.25) is 5.79 Å². The number of aliphatic hydroxyl groups is 1. The number of unbranched alkanes of at least 4 members (excludes halogenated alkanes) is 8. The first-order valence-corrected chi connectivity index (χ1v) is 12.2. The van der Waals surface area contributed by atoms with Gasteiger partial charge in [-0.2, -0.15) is 0 Å². The molecule has 2 rings (SSSR count). The van der Waals surface area contributed by atoms with Crippen LogP contribution < -0.4 is 5.11 Å². The summed E-state index contributed by atoms with van der Waals surface area (Å²) < 4.78 is 34.9. The molecular weight excluding hydrogens is 406 g/mol. The summed E-state index contributed by atoms with van der Waals surface area (Å²) in [5.41, 5.74) is 0. The van der Waals surface area contributed by atoms with Crippen molar-refractivity contribution in [3.05, 3.63) is 0 Å². The molecule has 2 aliphatic rings. The number of hydrogen-bond donors (Lipinski definition) is 1. The van der Waals surface area contributed by atoms with E-state index in [1.165, 1.54) is 0 Å². The number of rotatable bonds is 15. The van der Waals surface area contributed by atoms with Crippen molar-refractivity contribution in [1.82, 2.24) is 0 Å². The average Bonchev–Trinajstić information content (AvgIpc) is 3.01. The Morgan fingerprint density at radius 3 is 2.45 bits per heavy atom. The van der Waals surface area contributed by atoms with Gasteiger partial charge in [-0.15, -0.1) is 0 Å². The quantitative estimate of drug-likeness (QED) is 0.374. The maximum atomic E-state index is 14.7. The Morgan fingerprint density at radius 1 is 1.13 bits per heavy atom. The van der Waals surface area contributed by atoms with Gasteiger partial charge in [-0.25, -0.2) is 8.78 Å². The Labute approximate surface area is 184 Å². The fraction of sp³-hybridized carbons (Fsp3) is 0.917. The third-order valence-corrected chi connectivity index (χ3v) is 7.04. The first-order chi connectivity index (χ1) is 14.7. The molecule has 180 valence electrons. The minimum absolute atomic E-state index is 0.0690. The van der Waals surface area contributed by atoms with Crippen molar-refractivity contribution in [2.24, 2.45) is 11.8 Å². The zero-order chi connectivity index (χ0) is 22.9. The lowest BCUT2D eigenvalue weighted by Crippen LogP contribution is -2.55. The minimum atomic E-state index is -3.30. The van der Waals surface area contributed by atoms with Gasteiger partial charge in [0.1, 0.15) is 5.78 Å². The smallest absolute Gasteiger partial charge is 0.300 e. The number of ether oxygens (including phenoxy) is 1. The molecule has 0 spiro atoms. The van der Waals surface area contributed by atoms with E-state index >= 15 is 0 Å². The van der Waals surface area contributed by atoms with E-state index in [1.807, 2.05) is 6.92 Å². The van der Waals surface area contributed by atoms with Crippen LogP contribution in [0.4, 0.5) is 8.78 Å². The maximum Gasteiger partial charge on any atom is 0.300 e. The molecule has 0 bridgehead atoms. The van der Waals surface area contributed by atoms with E-state index in [0.29, 0.717) is 25.7 Å². The standard InChI is InChI=1S/C24H40F2O5/c1-2-3-4-11-15-23(25,26)24(30)16-14-19-18(20(27)17-21(19)31-24)12-9-7-5-6-8-10-13-22(28)29/h18-19,21,30H,2-17H2,1H3,(H,28,29)/p-1/t18-,19-,21-,24?/m1/s1. The molecule has 31 heavy (non-hydrogen) atoms. The molecule has 0 aromatic rings. The van der Waals surface area contributed by atoms with Crippen LogP contribution in [0.15, 0.2) is 0 Å². The van der Waals surface area contributed by atoms with Crippen molar-refractivity contribution in [2.75, 3.05) is 0 Å². The molecule has 1 unspecified atom stereocenters. The second kappa shape index (κ2) is 12.2. The van der Waals surface area contributed by atoms with Crippen LogP contribution in [-0.2, 0) is 14.3 Å². The Bertz CT molecular complexity index is 582. The summed E-state index contributed by atoms with van der Waals surface area (Å²) in [5, 5.41) is 21.0. The molecule has 7 heteroatoms. The summed E-state index contributed by atoms with van der Waals surface area (Å²) in [6.07, 6.45) is 8.45. The van der Waals surface area contributed by atoms with E-state index in [9.17, 15) is 28.6 Å². The van der Waals surface area contributed by atoms with Gasteiger partial charge < -0.3 is 19.7 Å². The number of carbonyl (C=O) groups is 2. The predicted octanol–water partition coefficient (Wildman–Crippen LogP) is 4.54. The van der Waals surface area contributed by atoms with Gasteiger partial charge in [0.25, 0.3) is 0 Å². The first kappa shape index (κ1) is 26.2. The summed E-state index contributed by atoms with van der Waals surface area (Å²) in [5.74, 6) is -6.94. The lowest BCUT2D eigenvalue weighted by atomic mass is 9.81. The summed E-state index contributed by atoms with van der Waals surface area (Å²) in [4.78, 5) is 22.9. The van der Waals surface area contributed by atoms with Crippen LogP contribution in [0.1, 0.15) is 110 Å². The van der Waals surface area contributed by atoms with Crippen LogP contribution in [0, 0.1) is 11.8 Å². The number of alkyl halides is 2. The second-order valence-electron chi connectivity index (χ2n) is 9.47. The molecule has 5 nitrogen and oxygen atoms in total. The number of halogens is 2. The average molecular weight is 446 g/mol. The lowest BCUT2D eigenvalue weighted by molar-refractivity contribution is -0.356. The Morgan fingerprint density at radius 2 is 1.77 bits per heavy atom. The van der Waals surface area contributed by atoms with Crippen molar-refractivity contribution in [1.29, 1.82) is 0 Å². The van der Waals surface area contributed by atoms with E-state index in [1.54, 1.807) is 0 Å². The molecular formula is C24H39F2O5-. The van der Waals surface area contributed by atoms with Crippen molar-refractivity contribution in [2.45, 2.75) is 127 Å². The first-order valence-electron chi connectivity index (χ1n) is 12.2. The van der Waals surface area contributed by atoms with Crippen molar-refractivity contribution >= 4 is 11.8 Å². The summed E-state index contributed by atoms with van der Waals surface area (Å²) in [6, 6.07) is 0. The second-order valence-corrected chi connectivity index (χ2v) is 9.47. The van der Waals surface area contributed by atoms with Gasteiger partial charge in [-0.3, -0.25) is 4.79 Å². The third kappa shape index (κ3) is 7.48. The van der Waals surface area contributed by atoms with Gasteiger partial charge in [0.15, 0.2) is 0 Å². The van der Waals surface area contributed by atoms with Crippen molar-refractivity contribution < 1.29 is 33.3 Å². The Hall–Kier alpha value is -1.08. The van der Waals surface area contributed by atoms with Crippen LogP contribution in [0.25, 0.3) is 0 Å². The highest BCUT2D eigenvalue weighted by Crippen LogP contribution is 2.49. The lowest BCUT2D eigenvalue weighted by Gasteiger charge is -2.44. The highest BCUT2D eigenvalue weighted by molar-refractivity contribution is 5.84. The highest BCUT2D eigenvalue weighted by atomic mass is 19.3. The predicted molar refractivity (Wildman–Crippen MR) is 111 cm³/mol. The molecule has 1 aliphatic carbocycles. The van der Waals surface area contributed by atoms with E-state index in [-0.39, 0.29) is 43.3 Å². The van der Waals surface area contributed by atoms with Gasteiger partial charge in [-0.05, 0) is 38.0 Å². The maximum absolute atomic E-state index is 14.7. The van der Waals surface area contributed by atoms with E-state index < -0.39 is 23.8 Å². The molecule has 0 radical (unpaired) electrons. The number of hydrogen-bond acceptors (Lipinski definition) is 5. The molecule has 1 heterocycles. The van der Waals surface area contributed by atoms with Crippen molar-refractivity contribution in [3.63, 3.8) is 0 Å². The number of carboxylic acid groups (broad SMARTS) is 1. The summed E-state index contributed by atoms with van der Waals surface area (Å²) in [6.45, 7) is 2.02. The SMILES string of the molecule is CCCCCCC(F)(F)C1(O)CC[C@H]2[C@@H](CC(=O)[C@@H]2CCCCCCCCC(=O)[O-])O1. The highest BCUT2D eigenvalue weighted by Gasteiger charge is 2.59. The number of carboxylic acids is 1. The molecule has 0 aromatic heterocycles. The van der Waals surface area contributed by atoms with E-state index in [2.05, 4.69) is 0 Å². The van der Waals surface area contributed by atoms with Gasteiger partial charge >= 0.3 is 5.92 Å². The Kier molecular flexibility index (Phi) is 10.3. The van der Waals surface area contributed by atoms with Gasteiger partial charge in [0, 0.05) is 31.1 Å². The zero-order valence-corrected chi connectivity index (χ0v) is 18.9. The van der Waals surface area contributed by atoms with Crippen LogP contribution in [0.5, 0.6) is 0 Å². The number of ketones is 1. The fourth-order valence-corrected chi connectivity index (χ4v) is 5.14. The molecule has 0 aromatic carbocycles. The van der Waals surface area contributed by atoms with Crippen LogP contribution in [0.2, 0.25) is 0 Å². The third-order valence-electron chi connectivity index (χ3n) is 7.04. The molecule has 1 N–H and O–H groups in total.